The van der Waals surface area contributed by atoms with E-state index in [1.165, 1.54) is 32.2 Å². The summed E-state index contributed by atoms with van der Waals surface area (Å²) < 4.78 is 0. The molecule has 0 aromatic rings. The van der Waals surface area contributed by atoms with E-state index in [-0.39, 0.29) is 5.41 Å². The molecule has 0 amide bonds. The lowest BCUT2D eigenvalue weighted by atomic mass is 9.69. The van der Waals surface area contributed by atoms with Crippen molar-refractivity contribution in [3.8, 4) is 0 Å². The third-order valence-electron chi connectivity index (χ3n) is 4.35. The fourth-order valence-electron chi connectivity index (χ4n) is 3.44. The van der Waals surface area contributed by atoms with Gasteiger partial charge >= 0.3 is 0 Å². The summed E-state index contributed by atoms with van der Waals surface area (Å²) in [6.07, 6.45) is 6.31. The van der Waals surface area contributed by atoms with Gasteiger partial charge in [-0.05, 0) is 38.3 Å². The van der Waals surface area contributed by atoms with E-state index in [1.54, 1.807) is 0 Å². The molecule has 88 valence electrons. The first-order valence-corrected chi connectivity index (χ1v) is 6.34. The Morgan fingerprint density at radius 1 is 1.40 bits per heavy atom. The van der Waals surface area contributed by atoms with Crippen molar-refractivity contribution in [1.82, 2.24) is 4.90 Å². The van der Waals surface area contributed by atoms with Crippen LogP contribution in [0, 0.1) is 11.3 Å². The van der Waals surface area contributed by atoms with Gasteiger partial charge in [-0.2, -0.15) is 0 Å². The second-order valence-corrected chi connectivity index (χ2v) is 5.34. The summed E-state index contributed by atoms with van der Waals surface area (Å²) >= 11 is 0. The first-order valence-electron chi connectivity index (χ1n) is 6.34. The van der Waals surface area contributed by atoms with Crippen molar-refractivity contribution >= 4 is 0 Å². The van der Waals surface area contributed by atoms with E-state index < -0.39 is 0 Å². The Bertz CT molecular complexity index is 210. The normalized spacial score (nSPS) is 36.8. The fraction of sp³-hybridized carbons (Fsp3) is 1.00. The van der Waals surface area contributed by atoms with Crippen molar-refractivity contribution in [2.45, 2.75) is 32.1 Å². The predicted octanol–water partition coefficient (Wildman–Crippen LogP) is 0.820. The van der Waals surface area contributed by atoms with Crippen LogP contribution in [-0.4, -0.2) is 42.8 Å². The Labute approximate surface area is 92.6 Å². The molecule has 0 radical (unpaired) electrons. The molecule has 1 aliphatic carbocycles. The van der Waals surface area contributed by atoms with Gasteiger partial charge in [-0.15, -0.1) is 0 Å². The summed E-state index contributed by atoms with van der Waals surface area (Å²) in [5.74, 6) is 0.744. The van der Waals surface area contributed by atoms with Crippen LogP contribution in [0.25, 0.3) is 0 Å². The van der Waals surface area contributed by atoms with Gasteiger partial charge in [-0.25, -0.2) is 0 Å². The van der Waals surface area contributed by atoms with E-state index in [4.69, 9.17) is 5.73 Å². The zero-order chi connectivity index (χ0) is 10.7. The van der Waals surface area contributed by atoms with Crippen LogP contribution >= 0.6 is 0 Å². The molecule has 3 heteroatoms. The summed E-state index contributed by atoms with van der Waals surface area (Å²) in [5.41, 5.74) is 5.79. The SMILES string of the molecule is NCCCN1C[C@H]2CCCC[C@@]2(CO)C1. The molecule has 1 saturated carbocycles. The van der Waals surface area contributed by atoms with Crippen LogP contribution in [0.15, 0.2) is 0 Å². The number of aliphatic hydroxyl groups is 1. The molecule has 2 atom stereocenters. The minimum absolute atomic E-state index is 0.243. The number of aliphatic hydroxyl groups excluding tert-OH is 1. The molecule has 1 aliphatic heterocycles. The predicted molar refractivity (Wildman–Crippen MR) is 61.6 cm³/mol. The number of rotatable bonds is 4. The van der Waals surface area contributed by atoms with E-state index in [1.807, 2.05) is 0 Å². The molecule has 0 aromatic heterocycles. The van der Waals surface area contributed by atoms with Crippen molar-refractivity contribution in [2.24, 2.45) is 17.1 Å². The molecule has 15 heavy (non-hydrogen) atoms. The van der Waals surface area contributed by atoms with Crippen LogP contribution in [0.1, 0.15) is 32.1 Å². The minimum atomic E-state index is 0.243. The van der Waals surface area contributed by atoms with Gasteiger partial charge in [0.15, 0.2) is 0 Å². The zero-order valence-electron chi connectivity index (χ0n) is 9.62. The average molecular weight is 212 g/mol. The molecule has 0 spiro atoms. The molecule has 3 nitrogen and oxygen atoms in total. The monoisotopic (exact) mass is 212 g/mol. The second-order valence-electron chi connectivity index (χ2n) is 5.34. The lowest BCUT2D eigenvalue weighted by Crippen LogP contribution is -2.37. The summed E-state index contributed by atoms with van der Waals surface area (Å²) in [6.45, 7) is 4.59. The molecule has 0 bridgehead atoms. The summed E-state index contributed by atoms with van der Waals surface area (Å²) in [5, 5.41) is 9.64. The van der Waals surface area contributed by atoms with E-state index in [2.05, 4.69) is 4.90 Å². The van der Waals surface area contributed by atoms with Gasteiger partial charge in [0.05, 0.1) is 6.61 Å². The average Bonchev–Trinajstić information content (AvgIpc) is 2.65. The van der Waals surface area contributed by atoms with Crippen molar-refractivity contribution < 1.29 is 5.11 Å². The molecule has 2 fully saturated rings. The number of fused-ring (bicyclic) bond motifs is 1. The van der Waals surface area contributed by atoms with E-state index >= 15 is 0 Å². The Balaban J connectivity index is 1.95. The number of hydrogen-bond acceptors (Lipinski definition) is 3. The first-order chi connectivity index (χ1) is 7.30. The fourth-order valence-corrected chi connectivity index (χ4v) is 3.44. The third kappa shape index (κ3) is 2.19. The Morgan fingerprint density at radius 2 is 2.27 bits per heavy atom. The maximum atomic E-state index is 9.64. The molecule has 3 N–H and O–H groups in total. The van der Waals surface area contributed by atoms with Gasteiger partial charge in [0.2, 0.25) is 0 Å². The maximum Gasteiger partial charge on any atom is 0.0502 e. The summed E-state index contributed by atoms with van der Waals surface area (Å²) in [7, 11) is 0. The first kappa shape index (κ1) is 11.4. The van der Waals surface area contributed by atoms with Crippen molar-refractivity contribution in [2.75, 3.05) is 32.8 Å². The summed E-state index contributed by atoms with van der Waals surface area (Å²) in [4.78, 5) is 2.51. The lowest BCUT2D eigenvalue weighted by molar-refractivity contribution is 0.0583. The molecule has 0 unspecified atom stereocenters. The second kappa shape index (κ2) is 4.81. The molecule has 1 saturated heterocycles. The lowest BCUT2D eigenvalue weighted by Gasteiger charge is -2.37. The number of nitrogens with zero attached hydrogens (tertiary/aromatic N) is 1. The Hall–Kier alpha value is -0.120. The molecular formula is C12H24N2O. The van der Waals surface area contributed by atoms with Crippen LogP contribution in [0.3, 0.4) is 0 Å². The quantitative estimate of drug-likeness (QED) is 0.725. The van der Waals surface area contributed by atoms with Crippen LogP contribution in [0.5, 0.6) is 0 Å². The van der Waals surface area contributed by atoms with Crippen molar-refractivity contribution in [3.05, 3.63) is 0 Å². The van der Waals surface area contributed by atoms with Crippen molar-refractivity contribution in [3.63, 3.8) is 0 Å². The van der Waals surface area contributed by atoms with Gasteiger partial charge in [0, 0.05) is 18.5 Å². The van der Waals surface area contributed by atoms with Crippen molar-refractivity contribution in [1.29, 1.82) is 0 Å². The number of hydrogen-bond donors (Lipinski definition) is 2. The van der Waals surface area contributed by atoms with Gasteiger partial charge in [-0.3, -0.25) is 0 Å². The van der Waals surface area contributed by atoms with E-state index in [0.29, 0.717) is 6.61 Å². The van der Waals surface area contributed by atoms with Crippen LogP contribution in [-0.2, 0) is 0 Å². The maximum absolute atomic E-state index is 9.64. The highest BCUT2D eigenvalue weighted by atomic mass is 16.3. The highest BCUT2D eigenvalue weighted by molar-refractivity contribution is 4.98. The molecule has 2 aliphatic rings. The van der Waals surface area contributed by atoms with Gasteiger partial charge in [0.1, 0.15) is 0 Å². The molecule has 0 aromatic carbocycles. The van der Waals surface area contributed by atoms with E-state index in [9.17, 15) is 5.11 Å². The van der Waals surface area contributed by atoms with Gasteiger partial charge in [0.25, 0.3) is 0 Å². The highest BCUT2D eigenvalue weighted by Crippen LogP contribution is 2.46. The third-order valence-corrected chi connectivity index (χ3v) is 4.35. The van der Waals surface area contributed by atoms with Crippen LogP contribution < -0.4 is 5.73 Å². The van der Waals surface area contributed by atoms with Crippen LogP contribution in [0.2, 0.25) is 0 Å². The molecular weight excluding hydrogens is 188 g/mol. The smallest absolute Gasteiger partial charge is 0.0502 e. The number of likely N-dealkylation sites (tertiary alicyclic amines) is 1. The Morgan fingerprint density at radius 3 is 2.93 bits per heavy atom. The standard InChI is InChI=1S/C12H24N2O/c13-6-3-7-14-8-11-4-1-2-5-12(11,9-14)10-15/h11,15H,1-10,13H2/t11-,12+/m1/s1. The minimum Gasteiger partial charge on any atom is -0.396 e. The topological polar surface area (TPSA) is 49.5 Å². The molecule has 2 rings (SSSR count). The van der Waals surface area contributed by atoms with E-state index in [0.717, 1.165) is 32.0 Å². The summed E-state index contributed by atoms with van der Waals surface area (Å²) in [6, 6.07) is 0. The number of nitrogens with two attached hydrogens (primary N) is 1. The van der Waals surface area contributed by atoms with Gasteiger partial charge in [-0.1, -0.05) is 12.8 Å². The largest absolute Gasteiger partial charge is 0.396 e. The van der Waals surface area contributed by atoms with Gasteiger partial charge < -0.3 is 15.7 Å². The molecule has 1 heterocycles. The highest BCUT2D eigenvalue weighted by Gasteiger charge is 2.46. The Kier molecular flexibility index (Phi) is 3.65. The van der Waals surface area contributed by atoms with Crippen LogP contribution in [0.4, 0.5) is 0 Å². The zero-order valence-corrected chi connectivity index (χ0v) is 9.62.